The number of hydrazone groups is 1. The number of nitrogens with zero attached hydrogens (tertiary/aromatic N) is 1. The highest BCUT2D eigenvalue weighted by Crippen LogP contribution is 2.38. The van der Waals surface area contributed by atoms with E-state index in [0.29, 0.717) is 18.2 Å². The average molecular weight is 497 g/mol. The minimum Gasteiger partial charge on any atom is -0.506 e. The van der Waals surface area contributed by atoms with Crippen molar-refractivity contribution in [1.29, 1.82) is 0 Å². The zero-order valence-electron chi connectivity index (χ0n) is 16.2. The van der Waals surface area contributed by atoms with Gasteiger partial charge >= 0.3 is 5.97 Å². The van der Waals surface area contributed by atoms with Crippen molar-refractivity contribution in [2.75, 3.05) is 20.2 Å². The molecule has 3 rings (SSSR count). The standard InChI is InChI=1S/C20H22BrN3O3S2/c1-12(16-11-29-18(17(16)25)13-3-5-15(21)6-4-13)22-23-20(28)24-9-7-14(8-10-24)19(26)27-2/h3-6,11,14,25H,7-10H2,1-2H3,(H,23,28)/p+1/b22-12+. The van der Waals surface area contributed by atoms with Crippen LogP contribution in [-0.2, 0) is 9.53 Å². The van der Waals surface area contributed by atoms with Gasteiger partial charge in [-0.3, -0.25) is 4.79 Å². The van der Waals surface area contributed by atoms with E-state index in [2.05, 4.69) is 26.5 Å². The van der Waals surface area contributed by atoms with Crippen LogP contribution in [0.5, 0.6) is 5.75 Å². The van der Waals surface area contributed by atoms with Crippen LogP contribution in [0.4, 0.5) is 0 Å². The molecule has 2 aromatic rings. The number of carbonyl (C=O) groups excluding carboxylic acids is 1. The SMILES string of the molecule is COC(=O)C1CCN(C(=S)N/[NH+]=C(\C)c2csc(-c3ccc(Br)cc3)c2O)CC1. The molecule has 0 amide bonds. The number of benzene rings is 1. The molecule has 6 nitrogen and oxygen atoms in total. The Morgan fingerprint density at radius 2 is 2.00 bits per heavy atom. The highest BCUT2D eigenvalue weighted by Gasteiger charge is 2.27. The molecule has 0 unspecified atom stereocenters. The lowest BCUT2D eigenvalue weighted by molar-refractivity contribution is -0.506. The van der Waals surface area contributed by atoms with Crippen LogP contribution in [0.25, 0.3) is 10.4 Å². The molecule has 29 heavy (non-hydrogen) atoms. The van der Waals surface area contributed by atoms with Gasteiger partial charge in [0.05, 0.1) is 23.5 Å². The number of rotatable bonds is 4. The van der Waals surface area contributed by atoms with Crippen LogP contribution < -0.4 is 10.5 Å². The third-order valence-electron chi connectivity index (χ3n) is 4.95. The van der Waals surface area contributed by atoms with E-state index in [4.69, 9.17) is 17.0 Å². The quantitative estimate of drug-likeness (QED) is 0.261. The van der Waals surface area contributed by atoms with E-state index in [9.17, 15) is 9.90 Å². The molecular formula is C20H23BrN3O3S2+. The minimum atomic E-state index is -0.152. The molecule has 0 radical (unpaired) electrons. The highest BCUT2D eigenvalue weighted by molar-refractivity contribution is 9.10. The van der Waals surface area contributed by atoms with Crippen molar-refractivity contribution in [2.45, 2.75) is 19.8 Å². The summed E-state index contributed by atoms with van der Waals surface area (Å²) in [6.07, 6.45) is 1.44. The van der Waals surface area contributed by atoms with E-state index in [-0.39, 0.29) is 17.6 Å². The Balaban J connectivity index is 1.62. The Labute approximate surface area is 187 Å². The molecule has 2 heterocycles. The maximum Gasteiger partial charge on any atom is 0.308 e. The first-order chi connectivity index (χ1) is 13.9. The second-order valence-electron chi connectivity index (χ2n) is 6.80. The van der Waals surface area contributed by atoms with Gasteiger partial charge in [0.25, 0.3) is 0 Å². The molecule has 9 heteroatoms. The van der Waals surface area contributed by atoms with Gasteiger partial charge in [-0.1, -0.05) is 28.1 Å². The van der Waals surface area contributed by atoms with Crippen molar-refractivity contribution in [2.24, 2.45) is 5.92 Å². The topological polar surface area (TPSA) is 75.8 Å². The average Bonchev–Trinajstić information content (AvgIpc) is 3.13. The van der Waals surface area contributed by atoms with Crippen molar-refractivity contribution in [3.63, 3.8) is 0 Å². The van der Waals surface area contributed by atoms with E-state index >= 15 is 0 Å². The van der Waals surface area contributed by atoms with Gasteiger partial charge in [0.1, 0.15) is 5.75 Å². The number of ether oxygens (including phenoxy) is 1. The second-order valence-corrected chi connectivity index (χ2v) is 8.98. The number of hydrogen-bond acceptors (Lipinski definition) is 5. The zero-order chi connectivity index (χ0) is 21.0. The highest BCUT2D eigenvalue weighted by atomic mass is 79.9. The number of methoxy groups -OCH3 is 1. The summed E-state index contributed by atoms with van der Waals surface area (Å²) in [5.74, 6) is 0.0365. The maximum atomic E-state index is 11.6. The molecule has 3 N–H and O–H groups in total. The normalized spacial score (nSPS) is 15.3. The molecule has 154 valence electrons. The van der Waals surface area contributed by atoms with Crippen molar-refractivity contribution in [3.05, 3.63) is 39.7 Å². The molecule has 0 spiro atoms. The number of aromatic hydroxyl groups is 1. The lowest BCUT2D eigenvalue weighted by Crippen LogP contribution is -2.85. The Kier molecular flexibility index (Phi) is 7.26. The predicted molar refractivity (Wildman–Crippen MR) is 122 cm³/mol. The molecule has 1 saturated heterocycles. The Bertz CT molecular complexity index is 920. The van der Waals surface area contributed by atoms with Crippen molar-refractivity contribution in [3.8, 4) is 16.2 Å². The molecule has 0 aliphatic carbocycles. The molecular weight excluding hydrogens is 474 g/mol. The summed E-state index contributed by atoms with van der Waals surface area (Å²) in [5.41, 5.74) is 5.50. The van der Waals surface area contributed by atoms with Gasteiger partial charge in [0.15, 0.2) is 0 Å². The van der Waals surface area contributed by atoms with Crippen LogP contribution >= 0.6 is 39.5 Å². The molecule has 1 aliphatic rings. The smallest absolute Gasteiger partial charge is 0.308 e. The Morgan fingerprint density at radius 1 is 1.34 bits per heavy atom. The summed E-state index contributed by atoms with van der Waals surface area (Å²) < 4.78 is 5.81. The summed E-state index contributed by atoms with van der Waals surface area (Å²) in [4.78, 5) is 14.5. The number of hydrazine groups is 1. The van der Waals surface area contributed by atoms with Crippen LogP contribution in [0, 0.1) is 5.92 Å². The van der Waals surface area contributed by atoms with Crippen LogP contribution in [0.3, 0.4) is 0 Å². The molecule has 1 fully saturated rings. The summed E-state index contributed by atoms with van der Waals surface area (Å²) >= 11 is 10.4. The van der Waals surface area contributed by atoms with Gasteiger partial charge < -0.3 is 14.7 Å². The monoisotopic (exact) mass is 496 g/mol. The Hall–Kier alpha value is -1.97. The van der Waals surface area contributed by atoms with Crippen molar-refractivity contribution in [1.82, 2.24) is 10.3 Å². The van der Waals surface area contributed by atoms with Gasteiger partial charge in [0, 0.05) is 29.9 Å². The number of likely N-dealkylation sites (tertiary alicyclic amines) is 1. The van der Waals surface area contributed by atoms with Gasteiger partial charge in [-0.15, -0.1) is 21.9 Å². The molecule has 0 saturated carbocycles. The number of carbonyl (C=O) groups is 1. The number of thiocarbonyl (C=S) groups is 1. The van der Waals surface area contributed by atoms with Gasteiger partial charge in [0.2, 0.25) is 10.8 Å². The fraction of sp³-hybridized carbons (Fsp3) is 0.350. The number of piperidine rings is 1. The third-order valence-corrected chi connectivity index (χ3v) is 6.86. The van der Waals surface area contributed by atoms with E-state index in [1.807, 2.05) is 41.5 Å². The van der Waals surface area contributed by atoms with Crippen LogP contribution in [0.2, 0.25) is 0 Å². The van der Waals surface area contributed by atoms with E-state index in [1.165, 1.54) is 18.4 Å². The molecule has 1 aliphatic heterocycles. The van der Waals surface area contributed by atoms with Crippen LogP contribution in [0.15, 0.2) is 34.1 Å². The van der Waals surface area contributed by atoms with Crippen LogP contribution in [-0.4, -0.2) is 47.0 Å². The first kappa shape index (κ1) is 21.7. The van der Waals surface area contributed by atoms with Gasteiger partial charge in [-0.2, -0.15) is 0 Å². The van der Waals surface area contributed by atoms with Crippen LogP contribution in [0.1, 0.15) is 25.3 Å². The largest absolute Gasteiger partial charge is 0.506 e. The van der Waals surface area contributed by atoms with E-state index in [1.54, 1.807) is 0 Å². The lowest BCUT2D eigenvalue weighted by atomic mass is 9.97. The molecule has 0 bridgehead atoms. The summed E-state index contributed by atoms with van der Waals surface area (Å²) in [5, 5.41) is 16.2. The number of hydrogen-bond donors (Lipinski definition) is 3. The zero-order valence-corrected chi connectivity index (χ0v) is 19.4. The fourth-order valence-electron chi connectivity index (χ4n) is 3.20. The maximum absolute atomic E-state index is 11.6. The van der Waals surface area contributed by atoms with E-state index in [0.717, 1.165) is 39.0 Å². The van der Waals surface area contributed by atoms with E-state index < -0.39 is 0 Å². The summed E-state index contributed by atoms with van der Waals surface area (Å²) in [6.45, 7) is 3.28. The van der Waals surface area contributed by atoms with Gasteiger partial charge in [-0.25, -0.2) is 0 Å². The van der Waals surface area contributed by atoms with Gasteiger partial charge in [-0.05, 0) is 42.8 Å². The Morgan fingerprint density at radius 3 is 2.62 bits per heavy atom. The number of halogens is 1. The number of nitrogens with one attached hydrogen (secondary N) is 2. The molecule has 1 aromatic heterocycles. The first-order valence-electron chi connectivity index (χ1n) is 9.19. The second kappa shape index (κ2) is 9.69. The first-order valence-corrected chi connectivity index (χ1v) is 11.3. The predicted octanol–water partition coefficient (Wildman–Crippen LogP) is 2.45. The fourth-order valence-corrected chi connectivity index (χ4v) is 4.72. The third kappa shape index (κ3) is 5.15. The minimum absolute atomic E-state index is 0.0555. The lowest BCUT2D eigenvalue weighted by Gasteiger charge is -2.30. The van der Waals surface area contributed by atoms with Crippen molar-refractivity contribution < 1.29 is 19.7 Å². The van der Waals surface area contributed by atoms with Crippen molar-refractivity contribution >= 4 is 56.3 Å². The molecule has 0 atom stereocenters. The number of thiophene rings is 1. The summed E-state index contributed by atoms with van der Waals surface area (Å²) in [7, 11) is 1.42. The summed E-state index contributed by atoms with van der Waals surface area (Å²) in [6, 6.07) is 7.83. The molecule has 1 aromatic carbocycles. The number of esters is 1.